The van der Waals surface area contributed by atoms with Crippen molar-refractivity contribution in [1.29, 1.82) is 0 Å². The Balaban J connectivity index is 0.00000225. The van der Waals surface area contributed by atoms with E-state index in [-0.39, 0.29) is 30.3 Å². The van der Waals surface area contributed by atoms with Crippen LogP contribution in [0.15, 0.2) is 24.3 Å². The molecule has 4 rings (SSSR count). The fraction of sp³-hybridized carbons (Fsp3) is 0.650. The van der Waals surface area contributed by atoms with Crippen LogP contribution in [0.4, 0.5) is 4.39 Å². The average molecular weight is 408 g/mol. The van der Waals surface area contributed by atoms with Gasteiger partial charge in [-0.15, -0.1) is 5.10 Å². The number of hydrogen-bond donors (Lipinski definition) is 0. The summed E-state index contributed by atoms with van der Waals surface area (Å²) in [7, 11) is 0. The van der Waals surface area contributed by atoms with Crippen molar-refractivity contribution >= 4 is 0 Å². The fourth-order valence-electron chi connectivity index (χ4n) is 4.55. The molecule has 6 nitrogen and oxygen atoms in total. The van der Waals surface area contributed by atoms with Crippen LogP contribution in [-0.4, -0.2) is 62.2 Å². The summed E-state index contributed by atoms with van der Waals surface area (Å²) in [5, 5.41) is 12.5. The predicted molar refractivity (Wildman–Crippen MR) is 102 cm³/mol. The standard InChI is InChI=1S/C20H29FN6.ClH/c1-15(2)27-20(22-23-24-27)19(16-7-9-17(21)10-8-16)26-13-11-25(12-14-26)18-5-3-4-6-18;/h7-10,15,18-19H,3-6,11-14H2,1-2H3;1H/p-1. The normalized spacial score (nSPS) is 20.4. The second-order valence-corrected chi connectivity index (χ2v) is 8.04. The van der Waals surface area contributed by atoms with E-state index >= 15 is 0 Å². The van der Waals surface area contributed by atoms with E-state index in [0.29, 0.717) is 0 Å². The maximum absolute atomic E-state index is 13.5. The molecule has 1 saturated carbocycles. The SMILES string of the molecule is CC(C)n1nnnc1C(c1ccc(F)cc1)N1CCN(C2CCCC2)CC1.[Cl-]. The Morgan fingerprint density at radius 2 is 1.64 bits per heavy atom. The van der Waals surface area contributed by atoms with Crippen molar-refractivity contribution < 1.29 is 16.8 Å². The molecule has 1 aliphatic carbocycles. The topological polar surface area (TPSA) is 50.1 Å². The van der Waals surface area contributed by atoms with Crippen LogP contribution < -0.4 is 12.4 Å². The molecule has 0 N–H and O–H groups in total. The van der Waals surface area contributed by atoms with Gasteiger partial charge in [0.25, 0.3) is 0 Å². The van der Waals surface area contributed by atoms with Crippen LogP contribution in [0.2, 0.25) is 0 Å². The van der Waals surface area contributed by atoms with Crippen LogP contribution in [0, 0.1) is 5.82 Å². The quantitative estimate of drug-likeness (QED) is 0.701. The van der Waals surface area contributed by atoms with E-state index in [1.165, 1.54) is 37.8 Å². The molecular weight excluding hydrogens is 379 g/mol. The minimum atomic E-state index is -0.216. The lowest BCUT2D eigenvalue weighted by atomic mass is 10.0. The number of aromatic nitrogens is 4. The lowest BCUT2D eigenvalue weighted by Crippen LogP contribution is -3.00. The highest BCUT2D eigenvalue weighted by molar-refractivity contribution is 5.25. The first-order valence-corrected chi connectivity index (χ1v) is 10.1. The van der Waals surface area contributed by atoms with Crippen molar-refractivity contribution in [2.45, 2.75) is 57.7 Å². The maximum atomic E-state index is 13.5. The Hall–Kier alpha value is -1.57. The monoisotopic (exact) mass is 407 g/mol. The highest BCUT2D eigenvalue weighted by Crippen LogP contribution is 2.31. The number of halogens is 2. The third-order valence-corrected chi connectivity index (χ3v) is 5.99. The van der Waals surface area contributed by atoms with Crippen LogP contribution in [0.3, 0.4) is 0 Å². The van der Waals surface area contributed by atoms with Gasteiger partial charge in [-0.2, -0.15) is 0 Å². The highest BCUT2D eigenvalue weighted by atomic mass is 35.5. The van der Waals surface area contributed by atoms with E-state index in [2.05, 4.69) is 39.2 Å². The van der Waals surface area contributed by atoms with Crippen LogP contribution >= 0.6 is 0 Å². The molecule has 1 unspecified atom stereocenters. The Bertz CT molecular complexity index is 735. The molecule has 0 amide bonds. The highest BCUT2D eigenvalue weighted by Gasteiger charge is 2.33. The zero-order valence-electron chi connectivity index (χ0n) is 16.6. The molecule has 1 aromatic carbocycles. The zero-order valence-corrected chi connectivity index (χ0v) is 17.4. The first-order valence-electron chi connectivity index (χ1n) is 10.1. The summed E-state index contributed by atoms with van der Waals surface area (Å²) in [6.45, 7) is 8.27. The van der Waals surface area contributed by atoms with Gasteiger partial charge >= 0.3 is 0 Å². The van der Waals surface area contributed by atoms with E-state index in [1.54, 1.807) is 0 Å². The van der Waals surface area contributed by atoms with E-state index in [4.69, 9.17) is 0 Å². The number of piperazine rings is 1. The molecule has 154 valence electrons. The van der Waals surface area contributed by atoms with Gasteiger partial charge in [-0.05, 0) is 54.8 Å². The van der Waals surface area contributed by atoms with Crippen LogP contribution in [-0.2, 0) is 0 Å². The summed E-state index contributed by atoms with van der Waals surface area (Å²) < 4.78 is 15.4. The first kappa shape index (κ1) is 21.1. The van der Waals surface area contributed by atoms with Gasteiger partial charge in [0, 0.05) is 32.2 Å². The van der Waals surface area contributed by atoms with Gasteiger partial charge in [-0.25, -0.2) is 9.07 Å². The van der Waals surface area contributed by atoms with Crippen molar-refractivity contribution in [3.05, 3.63) is 41.5 Å². The second kappa shape index (κ2) is 9.29. The number of nitrogens with zero attached hydrogens (tertiary/aromatic N) is 6. The van der Waals surface area contributed by atoms with Gasteiger partial charge in [0.2, 0.25) is 0 Å². The fourth-order valence-corrected chi connectivity index (χ4v) is 4.55. The van der Waals surface area contributed by atoms with Crippen LogP contribution in [0.5, 0.6) is 0 Å². The molecule has 1 aromatic heterocycles. The van der Waals surface area contributed by atoms with Crippen molar-refractivity contribution in [3.8, 4) is 0 Å². The third kappa shape index (κ3) is 4.36. The Labute approximate surface area is 172 Å². The molecular formula is C20H29ClFN6-. The lowest BCUT2D eigenvalue weighted by molar-refractivity contribution is -0.00000664. The predicted octanol–water partition coefficient (Wildman–Crippen LogP) is 0.0467. The van der Waals surface area contributed by atoms with Crippen molar-refractivity contribution in [2.24, 2.45) is 0 Å². The van der Waals surface area contributed by atoms with Gasteiger partial charge < -0.3 is 12.4 Å². The molecule has 1 aliphatic heterocycles. The third-order valence-electron chi connectivity index (χ3n) is 5.99. The zero-order chi connectivity index (χ0) is 18.8. The largest absolute Gasteiger partial charge is 1.00 e. The van der Waals surface area contributed by atoms with Crippen molar-refractivity contribution in [3.63, 3.8) is 0 Å². The number of benzene rings is 1. The van der Waals surface area contributed by atoms with Gasteiger partial charge in [0.1, 0.15) is 5.82 Å². The minimum Gasteiger partial charge on any atom is -1.00 e. The molecule has 1 atom stereocenters. The summed E-state index contributed by atoms with van der Waals surface area (Å²) in [4.78, 5) is 5.10. The summed E-state index contributed by atoms with van der Waals surface area (Å²) >= 11 is 0. The van der Waals surface area contributed by atoms with Gasteiger partial charge in [-0.3, -0.25) is 9.80 Å². The number of rotatable bonds is 5. The molecule has 8 heteroatoms. The van der Waals surface area contributed by atoms with Crippen molar-refractivity contribution in [1.82, 2.24) is 30.0 Å². The second-order valence-electron chi connectivity index (χ2n) is 8.04. The van der Waals surface area contributed by atoms with E-state index in [1.807, 2.05) is 16.8 Å². The van der Waals surface area contributed by atoms with Gasteiger partial charge in [-0.1, -0.05) is 25.0 Å². The summed E-state index contributed by atoms with van der Waals surface area (Å²) in [6, 6.07) is 7.68. The molecule has 28 heavy (non-hydrogen) atoms. The molecule has 2 aliphatic rings. The molecule has 2 aromatic rings. The lowest BCUT2D eigenvalue weighted by Gasteiger charge is -2.41. The molecule has 0 bridgehead atoms. The molecule has 2 fully saturated rings. The number of hydrogen-bond acceptors (Lipinski definition) is 5. The number of tetrazole rings is 1. The average Bonchev–Trinajstić information content (AvgIpc) is 3.36. The molecule has 2 heterocycles. The first-order chi connectivity index (χ1) is 13.1. The maximum Gasteiger partial charge on any atom is 0.173 e. The minimum absolute atomic E-state index is 0. The van der Waals surface area contributed by atoms with Crippen LogP contribution in [0.1, 0.15) is 63.0 Å². The molecule has 0 spiro atoms. The Morgan fingerprint density at radius 1 is 1.00 bits per heavy atom. The van der Waals surface area contributed by atoms with Crippen LogP contribution in [0.25, 0.3) is 0 Å². The van der Waals surface area contributed by atoms with Gasteiger partial charge in [0.05, 0.1) is 12.1 Å². The Kier molecular flexibility index (Phi) is 7.01. The summed E-state index contributed by atoms with van der Waals surface area (Å²) in [5.41, 5.74) is 1.04. The van der Waals surface area contributed by atoms with Gasteiger partial charge in [0.15, 0.2) is 5.82 Å². The van der Waals surface area contributed by atoms with E-state index in [9.17, 15) is 4.39 Å². The summed E-state index contributed by atoms with van der Waals surface area (Å²) in [5.74, 6) is 0.623. The Morgan fingerprint density at radius 3 is 2.25 bits per heavy atom. The molecule has 0 radical (unpaired) electrons. The van der Waals surface area contributed by atoms with E-state index < -0.39 is 0 Å². The summed E-state index contributed by atoms with van der Waals surface area (Å²) in [6.07, 6.45) is 5.42. The van der Waals surface area contributed by atoms with E-state index in [0.717, 1.165) is 43.6 Å². The molecule has 1 saturated heterocycles. The smallest absolute Gasteiger partial charge is 0.173 e. The van der Waals surface area contributed by atoms with Crippen molar-refractivity contribution in [2.75, 3.05) is 26.2 Å².